The molecule has 0 bridgehead atoms. The Kier molecular flexibility index (Phi) is 3.82. The molecular weight excluding hydrogens is 210 g/mol. The van der Waals surface area contributed by atoms with Crippen LogP contribution in [0, 0.1) is 5.41 Å². The largest absolute Gasteiger partial charge is 0.493 e. The fourth-order valence-electron chi connectivity index (χ4n) is 1.31. The lowest BCUT2D eigenvalue weighted by atomic mass is 10.2. The Labute approximate surface area is 93.8 Å². The predicted octanol–water partition coefficient (Wildman–Crippen LogP) is 1.02. The normalized spacial score (nSPS) is 9.44. The third kappa shape index (κ3) is 2.47. The molecule has 0 saturated carbocycles. The molecule has 6 nitrogen and oxygen atoms in total. The number of methoxy groups -OCH3 is 3. The molecule has 0 aliphatic carbocycles. The van der Waals surface area contributed by atoms with Crippen molar-refractivity contribution in [1.29, 1.82) is 5.41 Å². The summed E-state index contributed by atoms with van der Waals surface area (Å²) in [6.07, 6.45) is 0. The first-order chi connectivity index (χ1) is 7.62. The molecule has 0 radical (unpaired) electrons. The summed E-state index contributed by atoms with van der Waals surface area (Å²) in [5, 5.41) is 9.79. The summed E-state index contributed by atoms with van der Waals surface area (Å²) in [7, 11) is 4.57. The van der Waals surface area contributed by atoms with Gasteiger partial charge in [-0.25, -0.2) is 0 Å². The van der Waals surface area contributed by atoms with Crippen LogP contribution in [0.25, 0.3) is 0 Å². The first-order valence-electron chi connectivity index (χ1n) is 4.53. The molecule has 0 aliphatic rings. The zero-order valence-corrected chi connectivity index (χ0v) is 9.46. The van der Waals surface area contributed by atoms with Crippen molar-refractivity contribution in [1.82, 2.24) is 0 Å². The Balaban J connectivity index is 3.20. The molecule has 0 heterocycles. The van der Waals surface area contributed by atoms with Gasteiger partial charge < -0.3 is 25.3 Å². The molecular formula is C10H15N3O3. The minimum absolute atomic E-state index is 0.158. The van der Waals surface area contributed by atoms with Crippen LogP contribution >= 0.6 is 0 Å². The number of rotatable bonds is 4. The zero-order valence-electron chi connectivity index (χ0n) is 9.46. The van der Waals surface area contributed by atoms with Crippen LogP contribution in [-0.4, -0.2) is 27.3 Å². The van der Waals surface area contributed by atoms with Gasteiger partial charge in [-0.05, 0) is 0 Å². The van der Waals surface area contributed by atoms with Gasteiger partial charge in [0.15, 0.2) is 17.5 Å². The van der Waals surface area contributed by atoms with E-state index in [2.05, 4.69) is 5.32 Å². The van der Waals surface area contributed by atoms with Gasteiger partial charge in [-0.3, -0.25) is 5.41 Å². The molecule has 0 unspecified atom stereocenters. The van der Waals surface area contributed by atoms with Crippen LogP contribution in [0.5, 0.6) is 17.2 Å². The van der Waals surface area contributed by atoms with Crippen molar-refractivity contribution >= 4 is 11.6 Å². The monoisotopic (exact) mass is 225 g/mol. The molecule has 0 fully saturated rings. The van der Waals surface area contributed by atoms with Crippen LogP contribution in [0.4, 0.5) is 5.69 Å². The molecule has 6 heteroatoms. The van der Waals surface area contributed by atoms with Crippen molar-refractivity contribution in [3.63, 3.8) is 0 Å². The van der Waals surface area contributed by atoms with E-state index in [9.17, 15) is 0 Å². The van der Waals surface area contributed by atoms with Crippen LogP contribution in [0.2, 0.25) is 0 Å². The second-order valence-corrected chi connectivity index (χ2v) is 2.95. The Morgan fingerprint density at radius 3 is 1.94 bits per heavy atom. The maximum atomic E-state index is 7.14. The van der Waals surface area contributed by atoms with Crippen LogP contribution in [0.1, 0.15) is 0 Å². The van der Waals surface area contributed by atoms with Gasteiger partial charge in [0.2, 0.25) is 5.75 Å². The lowest BCUT2D eigenvalue weighted by Gasteiger charge is -2.14. The summed E-state index contributed by atoms with van der Waals surface area (Å²) < 4.78 is 15.4. The van der Waals surface area contributed by atoms with Crippen LogP contribution in [0.3, 0.4) is 0 Å². The maximum Gasteiger partial charge on any atom is 0.203 e. The van der Waals surface area contributed by atoms with Crippen molar-refractivity contribution in [2.24, 2.45) is 5.73 Å². The molecule has 0 aromatic heterocycles. The molecule has 1 rings (SSSR count). The fourth-order valence-corrected chi connectivity index (χ4v) is 1.31. The second kappa shape index (κ2) is 5.11. The topological polar surface area (TPSA) is 89.6 Å². The summed E-state index contributed by atoms with van der Waals surface area (Å²) in [4.78, 5) is 0. The molecule has 0 amide bonds. The first kappa shape index (κ1) is 12.0. The van der Waals surface area contributed by atoms with E-state index in [1.54, 1.807) is 12.1 Å². The van der Waals surface area contributed by atoms with Crippen LogP contribution in [0.15, 0.2) is 12.1 Å². The highest BCUT2D eigenvalue weighted by atomic mass is 16.5. The van der Waals surface area contributed by atoms with Gasteiger partial charge in [-0.1, -0.05) is 0 Å². The lowest BCUT2D eigenvalue weighted by Crippen LogP contribution is -2.20. The third-order valence-corrected chi connectivity index (χ3v) is 1.94. The van der Waals surface area contributed by atoms with Crippen LogP contribution in [-0.2, 0) is 0 Å². The van der Waals surface area contributed by atoms with E-state index in [-0.39, 0.29) is 5.96 Å². The van der Waals surface area contributed by atoms with E-state index < -0.39 is 0 Å². The highest BCUT2D eigenvalue weighted by molar-refractivity contribution is 5.90. The number of nitrogens with two attached hydrogens (primary N) is 1. The van der Waals surface area contributed by atoms with Crippen molar-refractivity contribution in [2.45, 2.75) is 0 Å². The molecule has 1 aromatic carbocycles. The van der Waals surface area contributed by atoms with Gasteiger partial charge in [-0.2, -0.15) is 0 Å². The number of hydrogen-bond acceptors (Lipinski definition) is 4. The summed E-state index contributed by atoms with van der Waals surface area (Å²) in [5.41, 5.74) is 5.84. The molecule has 4 N–H and O–H groups in total. The molecule has 0 saturated heterocycles. The SMILES string of the molecule is COc1cc(NC(=N)N)cc(OC)c1OC. The molecule has 0 aliphatic heterocycles. The minimum atomic E-state index is -0.158. The van der Waals surface area contributed by atoms with E-state index >= 15 is 0 Å². The average Bonchev–Trinajstić information content (AvgIpc) is 2.26. The highest BCUT2D eigenvalue weighted by Gasteiger charge is 2.13. The molecule has 16 heavy (non-hydrogen) atoms. The fraction of sp³-hybridized carbons (Fsp3) is 0.300. The summed E-state index contributed by atoms with van der Waals surface area (Å²) in [6.45, 7) is 0. The van der Waals surface area contributed by atoms with E-state index in [1.165, 1.54) is 21.3 Å². The second-order valence-electron chi connectivity index (χ2n) is 2.95. The molecule has 88 valence electrons. The van der Waals surface area contributed by atoms with Gasteiger partial charge in [0.05, 0.1) is 21.3 Å². The number of nitrogens with one attached hydrogen (secondary N) is 2. The lowest BCUT2D eigenvalue weighted by molar-refractivity contribution is 0.324. The Morgan fingerprint density at radius 1 is 1.12 bits per heavy atom. The predicted molar refractivity (Wildman–Crippen MR) is 61.6 cm³/mol. The average molecular weight is 225 g/mol. The number of anilines is 1. The van der Waals surface area contributed by atoms with E-state index in [0.29, 0.717) is 22.9 Å². The van der Waals surface area contributed by atoms with E-state index in [4.69, 9.17) is 25.4 Å². The van der Waals surface area contributed by atoms with Crippen LogP contribution < -0.4 is 25.3 Å². The maximum absolute atomic E-state index is 7.14. The number of benzene rings is 1. The van der Waals surface area contributed by atoms with Gasteiger partial charge in [0.25, 0.3) is 0 Å². The van der Waals surface area contributed by atoms with Crippen molar-refractivity contribution < 1.29 is 14.2 Å². The quantitative estimate of drug-likeness (QED) is 0.525. The van der Waals surface area contributed by atoms with Gasteiger partial charge in [0.1, 0.15) is 0 Å². The van der Waals surface area contributed by atoms with Crippen molar-refractivity contribution in [3.05, 3.63) is 12.1 Å². The molecule has 0 atom stereocenters. The van der Waals surface area contributed by atoms with Gasteiger partial charge in [-0.15, -0.1) is 0 Å². The summed E-state index contributed by atoms with van der Waals surface area (Å²) in [5.74, 6) is 1.35. The number of ether oxygens (including phenoxy) is 3. The Bertz CT molecular complexity index is 368. The van der Waals surface area contributed by atoms with E-state index in [1.807, 2.05) is 0 Å². The number of hydrogen-bond donors (Lipinski definition) is 3. The minimum Gasteiger partial charge on any atom is -0.493 e. The number of guanidine groups is 1. The third-order valence-electron chi connectivity index (χ3n) is 1.94. The Morgan fingerprint density at radius 2 is 1.62 bits per heavy atom. The zero-order chi connectivity index (χ0) is 12.1. The highest BCUT2D eigenvalue weighted by Crippen LogP contribution is 2.39. The van der Waals surface area contributed by atoms with Crippen molar-refractivity contribution in [2.75, 3.05) is 26.6 Å². The van der Waals surface area contributed by atoms with Crippen molar-refractivity contribution in [3.8, 4) is 17.2 Å². The smallest absolute Gasteiger partial charge is 0.203 e. The molecule has 0 spiro atoms. The van der Waals surface area contributed by atoms with Gasteiger partial charge in [0, 0.05) is 17.8 Å². The standard InChI is InChI=1S/C10H15N3O3/c1-14-7-4-6(13-10(11)12)5-8(15-2)9(7)16-3/h4-5H,1-3H3,(H4,11,12,13). The first-order valence-corrected chi connectivity index (χ1v) is 4.53. The summed E-state index contributed by atoms with van der Waals surface area (Å²) >= 11 is 0. The summed E-state index contributed by atoms with van der Waals surface area (Å²) in [6, 6.07) is 3.34. The van der Waals surface area contributed by atoms with E-state index in [0.717, 1.165) is 0 Å². The molecule has 1 aromatic rings. The Hall–Kier alpha value is -2.11. The van der Waals surface area contributed by atoms with Gasteiger partial charge >= 0.3 is 0 Å².